The molecule has 1 aromatic rings. The second kappa shape index (κ2) is 7.79. The maximum absolute atomic E-state index is 15.2. The van der Waals surface area contributed by atoms with Crippen molar-refractivity contribution in [2.75, 3.05) is 7.11 Å². The van der Waals surface area contributed by atoms with Crippen LogP contribution in [0.2, 0.25) is 5.02 Å². The van der Waals surface area contributed by atoms with Gasteiger partial charge in [0.15, 0.2) is 0 Å². The van der Waals surface area contributed by atoms with E-state index < -0.39 is 11.8 Å². The fourth-order valence-electron chi connectivity index (χ4n) is 3.75. The fourth-order valence-corrected chi connectivity index (χ4v) is 4.01. The molecule has 0 saturated carbocycles. The zero-order chi connectivity index (χ0) is 19.6. The molecule has 4 heteroatoms. The molecule has 0 amide bonds. The Hall–Kier alpha value is -1.87. The molecule has 0 radical (unpaired) electrons. The number of carbonyl (C=O) groups excluding carboxylic acids is 1. The lowest BCUT2D eigenvalue weighted by molar-refractivity contribution is 0.0600. The van der Waals surface area contributed by atoms with Crippen molar-refractivity contribution >= 4 is 23.4 Å². The van der Waals surface area contributed by atoms with Crippen LogP contribution in [0.25, 0.3) is 5.83 Å². The first-order valence-electron chi connectivity index (χ1n) is 8.74. The molecule has 0 bridgehead atoms. The largest absolute Gasteiger partial charge is 0.465 e. The minimum absolute atomic E-state index is 0.0283. The Kier molecular flexibility index (Phi) is 6.13. The predicted octanol–water partition coefficient (Wildman–Crippen LogP) is 6.91. The lowest BCUT2D eigenvalue weighted by atomic mass is 9.69. The molecule has 0 aromatic heterocycles. The quantitative estimate of drug-likeness (QED) is 0.421. The van der Waals surface area contributed by atoms with Gasteiger partial charge in [0.2, 0.25) is 0 Å². The van der Waals surface area contributed by atoms with E-state index in [1.54, 1.807) is 6.92 Å². The highest BCUT2D eigenvalue weighted by molar-refractivity contribution is 6.32. The van der Waals surface area contributed by atoms with Crippen molar-refractivity contribution in [2.24, 2.45) is 5.41 Å². The van der Waals surface area contributed by atoms with Gasteiger partial charge in [0.25, 0.3) is 0 Å². The molecule has 140 valence electrons. The number of benzene rings is 1. The SMILES string of the molecule is C=C(C1=C(C)CCCC1(C)C)/C(C)=C(\F)c1ccc(C(=O)OC)cc1Cl. The molecule has 0 atom stereocenters. The van der Waals surface area contributed by atoms with Crippen molar-refractivity contribution in [3.8, 4) is 0 Å². The van der Waals surface area contributed by atoms with E-state index in [9.17, 15) is 4.79 Å². The molecule has 0 unspecified atom stereocenters. The average molecular weight is 377 g/mol. The van der Waals surface area contributed by atoms with E-state index in [-0.39, 0.29) is 21.6 Å². The van der Waals surface area contributed by atoms with Gasteiger partial charge in [0, 0.05) is 5.56 Å². The number of hydrogen-bond acceptors (Lipinski definition) is 2. The van der Waals surface area contributed by atoms with Gasteiger partial charge < -0.3 is 4.74 Å². The van der Waals surface area contributed by atoms with Crippen LogP contribution in [-0.4, -0.2) is 13.1 Å². The van der Waals surface area contributed by atoms with E-state index in [0.717, 1.165) is 30.4 Å². The minimum Gasteiger partial charge on any atom is -0.465 e. The van der Waals surface area contributed by atoms with Gasteiger partial charge in [-0.25, -0.2) is 9.18 Å². The standard InChI is InChI=1S/C22H26ClFO2/c1-13-8-7-11-22(4,5)19(13)14(2)15(3)20(24)17-10-9-16(12-18(17)23)21(25)26-6/h9-10,12H,2,7-8,11H2,1,3-6H3/b20-15-. The highest BCUT2D eigenvalue weighted by atomic mass is 35.5. The predicted molar refractivity (Wildman–Crippen MR) is 106 cm³/mol. The third kappa shape index (κ3) is 3.93. The van der Waals surface area contributed by atoms with Crippen LogP contribution in [0.4, 0.5) is 4.39 Å². The van der Waals surface area contributed by atoms with Crippen LogP contribution in [0.3, 0.4) is 0 Å². The van der Waals surface area contributed by atoms with Crippen LogP contribution in [0.1, 0.15) is 62.9 Å². The summed E-state index contributed by atoms with van der Waals surface area (Å²) in [5.74, 6) is -0.924. The van der Waals surface area contributed by atoms with Crippen LogP contribution in [0.15, 0.2) is 47.1 Å². The highest BCUT2D eigenvalue weighted by Crippen LogP contribution is 2.46. The Labute approximate surface area is 160 Å². The summed E-state index contributed by atoms with van der Waals surface area (Å²) in [6.45, 7) is 12.4. The molecule has 1 aliphatic rings. The van der Waals surface area contributed by atoms with E-state index in [1.807, 2.05) is 0 Å². The third-order valence-corrected chi connectivity index (χ3v) is 5.48. The first-order valence-corrected chi connectivity index (χ1v) is 9.12. The lowest BCUT2D eigenvalue weighted by Gasteiger charge is -2.36. The van der Waals surface area contributed by atoms with Gasteiger partial charge >= 0.3 is 5.97 Å². The number of esters is 1. The van der Waals surface area contributed by atoms with Gasteiger partial charge in [0.1, 0.15) is 5.83 Å². The molecule has 0 heterocycles. The molecule has 2 nitrogen and oxygen atoms in total. The summed E-state index contributed by atoms with van der Waals surface area (Å²) in [5, 5.41) is 0.172. The van der Waals surface area contributed by atoms with Crippen molar-refractivity contribution in [3.05, 3.63) is 63.2 Å². The van der Waals surface area contributed by atoms with Crippen LogP contribution in [-0.2, 0) is 4.74 Å². The van der Waals surface area contributed by atoms with E-state index in [1.165, 1.54) is 30.9 Å². The number of allylic oxidation sites excluding steroid dienone is 4. The summed E-state index contributed by atoms with van der Waals surface area (Å²) in [7, 11) is 1.29. The van der Waals surface area contributed by atoms with E-state index in [4.69, 9.17) is 11.6 Å². The van der Waals surface area contributed by atoms with E-state index in [2.05, 4.69) is 32.1 Å². The summed E-state index contributed by atoms with van der Waals surface area (Å²) in [4.78, 5) is 11.6. The van der Waals surface area contributed by atoms with E-state index >= 15 is 4.39 Å². The Morgan fingerprint density at radius 3 is 2.54 bits per heavy atom. The molecule has 2 rings (SSSR count). The number of carbonyl (C=O) groups is 1. The van der Waals surface area contributed by atoms with Crippen molar-refractivity contribution in [1.82, 2.24) is 0 Å². The monoisotopic (exact) mass is 376 g/mol. The van der Waals surface area contributed by atoms with Gasteiger partial charge in [-0.2, -0.15) is 0 Å². The molecule has 0 aliphatic heterocycles. The number of methoxy groups -OCH3 is 1. The van der Waals surface area contributed by atoms with Crippen LogP contribution < -0.4 is 0 Å². The molecule has 0 spiro atoms. The summed E-state index contributed by atoms with van der Waals surface area (Å²) < 4.78 is 19.9. The number of hydrogen-bond donors (Lipinski definition) is 0. The summed E-state index contributed by atoms with van der Waals surface area (Å²) in [5.41, 5.74) is 4.12. The summed E-state index contributed by atoms with van der Waals surface area (Å²) in [6, 6.07) is 4.44. The lowest BCUT2D eigenvalue weighted by Crippen LogP contribution is -2.22. The van der Waals surface area contributed by atoms with Crippen molar-refractivity contribution in [1.29, 1.82) is 0 Å². The highest BCUT2D eigenvalue weighted by Gasteiger charge is 2.31. The van der Waals surface area contributed by atoms with Gasteiger partial charge in [-0.1, -0.05) is 37.6 Å². The minimum atomic E-state index is -0.506. The summed E-state index contributed by atoms with van der Waals surface area (Å²) in [6.07, 6.45) is 3.21. The van der Waals surface area contributed by atoms with E-state index in [0.29, 0.717) is 5.57 Å². The molecule has 1 aliphatic carbocycles. The van der Waals surface area contributed by atoms with Gasteiger partial charge in [-0.15, -0.1) is 0 Å². The molecule has 0 N–H and O–H groups in total. The van der Waals surface area contributed by atoms with Crippen molar-refractivity contribution in [3.63, 3.8) is 0 Å². The summed E-state index contributed by atoms with van der Waals surface area (Å²) >= 11 is 6.22. The zero-order valence-corrected chi connectivity index (χ0v) is 16.9. The first kappa shape index (κ1) is 20.4. The smallest absolute Gasteiger partial charge is 0.337 e. The Morgan fingerprint density at radius 2 is 2.00 bits per heavy atom. The van der Waals surface area contributed by atoms with Gasteiger partial charge in [-0.05, 0) is 73.4 Å². The molecule has 1 aromatic carbocycles. The number of rotatable bonds is 4. The third-order valence-electron chi connectivity index (χ3n) is 5.17. The van der Waals surface area contributed by atoms with Crippen LogP contribution in [0, 0.1) is 5.41 Å². The van der Waals surface area contributed by atoms with Crippen molar-refractivity contribution in [2.45, 2.75) is 47.0 Å². The molecule has 0 fully saturated rings. The Balaban J connectivity index is 2.46. The maximum atomic E-state index is 15.2. The molecule has 26 heavy (non-hydrogen) atoms. The van der Waals surface area contributed by atoms with Gasteiger partial charge in [-0.3, -0.25) is 0 Å². The second-order valence-corrected chi connectivity index (χ2v) is 7.90. The van der Waals surface area contributed by atoms with Crippen LogP contribution >= 0.6 is 11.6 Å². The van der Waals surface area contributed by atoms with Crippen molar-refractivity contribution < 1.29 is 13.9 Å². The zero-order valence-electron chi connectivity index (χ0n) is 16.1. The first-order chi connectivity index (χ1) is 12.1. The molecular weight excluding hydrogens is 351 g/mol. The number of ether oxygens (including phenoxy) is 1. The average Bonchev–Trinajstić information content (AvgIpc) is 2.58. The molecular formula is C22H26ClFO2. The maximum Gasteiger partial charge on any atom is 0.337 e. The van der Waals surface area contributed by atoms with Gasteiger partial charge in [0.05, 0.1) is 17.7 Å². The number of halogens is 2. The second-order valence-electron chi connectivity index (χ2n) is 7.50. The normalized spacial score (nSPS) is 17.7. The van der Waals surface area contributed by atoms with Crippen LogP contribution in [0.5, 0.6) is 0 Å². The fraction of sp³-hybridized carbons (Fsp3) is 0.409. The molecule has 0 saturated heterocycles. The Bertz CT molecular complexity index is 815. The Morgan fingerprint density at radius 1 is 1.35 bits per heavy atom. The topological polar surface area (TPSA) is 26.3 Å².